The van der Waals surface area contributed by atoms with E-state index in [4.69, 9.17) is 9.88 Å². The summed E-state index contributed by atoms with van der Waals surface area (Å²) in [4.78, 5) is 23.7. The zero-order valence-electron chi connectivity index (χ0n) is 15.7. The van der Waals surface area contributed by atoms with Crippen LogP contribution in [0.1, 0.15) is 12.5 Å². The first-order valence-electron chi connectivity index (χ1n) is 8.35. The van der Waals surface area contributed by atoms with Gasteiger partial charge in [0.2, 0.25) is 21.8 Å². The molecule has 0 aliphatic carbocycles. The minimum Gasteiger partial charge on any atom is -0.497 e. The van der Waals surface area contributed by atoms with E-state index in [1.165, 1.54) is 13.0 Å². The Morgan fingerprint density at radius 2 is 1.83 bits per heavy atom. The third-order valence-electron chi connectivity index (χ3n) is 3.76. The van der Waals surface area contributed by atoms with E-state index in [2.05, 4.69) is 10.6 Å². The number of sulfonamides is 1. The number of halogens is 1. The summed E-state index contributed by atoms with van der Waals surface area (Å²) in [5, 5.41) is 9.76. The highest BCUT2D eigenvalue weighted by Crippen LogP contribution is 2.17. The van der Waals surface area contributed by atoms with Gasteiger partial charge in [-0.25, -0.2) is 17.9 Å². The van der Waals surface area contributed by atoms with Crippen LogP contribution in [-0.4, -0.2) is 33.4 Å². The molecule has 2 rings (SSSR count). The highest BCUT2D eigenvalue weighted by Gasteiger charge is 2.17. The third-order valence-corrected chi connectivity index (χ3v) is 4.66. The molecule has 0 aliphatic heterocycles. The number of amides is 2. The second-order valence-electron chi connectivity index (χ2n) is 6.05. The molecule has 0 fully saturated rings. The molecule has 0 radical (unpaired) electrons. The van der Waals surface area contributed by atoms with Gasteiger partial charge in [0, 0.05) is 11.8 Å². The van der Waals surface area contributed by atoms with Crippen LogP contribution in [0.3, 0.4) is 0 Å². The number of primary sulfonamides is 1. The van der Waals surface area contributed by atoms with Crippen molar-refractivity contribution in [1.29, 1.82) is 0 Å². The number of methoxy groups -OCH3 is 1. The zero-order chi connectivity index (χ0) is 21.6. The molecule has 0 aliphatic rings. The monoisotopic (exact) mass is 421 g/mol. The number of nitrogens with one attached hydrogen (secondary N) is 2. The molecule has 0 aromatic heterocycles. The number of hydrogen-bond acceptors (Lipinski definition) is 5. The van der Waals surface area contributed by atoms with Crippen LogP contribution in [0.25, 0.3) is 6.08 Å². The van der Waals surface area contributed by atoms with Crippen LogP contribution in [-0.2, 0) is 19.6 Å². The van der Waals surface area contributed by atoms with Gasteiger partial charge in [0.15, 0.2) is 0 Å². The second kappa shape index (κ2) is 9.30. The Balaban J connectivity index is 1.98. The summed E-state index contributed by atoms with van der Waals surface area (Å²) in [6.07, 6.45) is 2.82. The summed E-state index contributed by atoms with van der Waals surface area (Å²) >= 11 is 0. The maximum atomic E-state index is 13.6. The average Bonchev–Trinajstić information content (AvgIpc) is 2.65. The molecule has 10 heteroatoms. The minimum atomic E-state index is -4.14. The second-order valence-corrected chi connectivity index (χ2v) is 7.61. The van der Waals surface area contributed by atoms with Gasteiger partial charge < -0.3 is 15.4 Å². The number of carbonyl (C=O) groups is 2. The summed E-state index contributed by atoms with van der Waals surface area (Å²) in [6.45, 7) is 1.42. The van der Waals surface area contributed by atoms with Gasteiger partial charge in [0.05, 0.1) is 12.0 Å². The minimum absolute atomic E-state index is 0.103. The fraction of sp³-hybridized carbons (Fsp3) is 0.158. The molecule has 0 bridgehead atoms. The van der Waals surface area contributed by atoms with Crippen molar-refractivity contribution >= 4 is 33.6 Å². The van der Waals surface area contributed by atoms with Crippen molar-refractivity contribution in [2.45, 2.75) is 17.9 Å². The van der Waals surface area contributed by atoms with Crippen LogP contribution < -0.4 is 20.5 Å². The van der Waals surface area contributed by atoms with Crippen LogP contribution in [0.2, 0.25) is 0 Å². The van der Waals surface area contributed by atoms with Crippen LogP contribution >= 0.6 is 0 Å². The predicted molar refractivity (Wildman–Crippen MR) is 106 cm³/mol. The third kappa shape index (κ3) is 6.70. The Morgan fingerprint density at radius 1 is 1.17 bits per heavy atom. The number of anilines is 1. The van der Waals surface area contributed by atoms with E-state index in [1.54, 1.807) is 37.5 Å². The van der Waals surface area contributed by atoms with Crippen LogP contribution in [0, 0.1) is 5.82 Å². The lowest BCUT2D eigenvalue weighted by atomic mass is 10.2. The number of carbonyl (C=O) groups excluding carboxylic acids is 2. The van der Waals surface area contributed by atoms with Crippen molar-refractivity contribution in [3.8, 4) is 5.75 Å². The summed E-state index contributed by atoms with van der Waals surface area (Å²) < 4.78 is 41.3. The maximum absolute atomic E-state index is 13.6. The smallest absolute Gasteiger partial charge is 0.246 e. The standard InChI is InChI=1S/C19H20FN3O5S/c1-12(22-18(24)8-5-13-3-6-16(28-2)7-4-13)19(25)23-15-9-14(20)10-17(11-15)29(21,26)27/h3-12H,1-2H3,(H,22,24)(H,23,25)(H2,21,26,27)/b8-5+. The molecular weight excluding hydrogens is 401 g/mol. The van der Waals surface area contributed by atoms with Gasteiger partial charge in [0.1, 0.15) is 17.6 Å². The lowest BCUT2D eigenvalue weighted by Crippen LogP contribution is -2.40. The lowest BCUT2D eigenvalue weighted by molar-refractivity contribution is -0.123. The molecule has 4 N–H and O–H groups in total. The first-order valence-corrected chi connectivity index (χ1v) is 9.90. The van der Waals surface area contributed by atoms with E-state index in [9.17, 15) is 22.4 Å². The topological polar surface area (TPSA) is 128 Å². The number of ether oxygens (including phenoxy) is 1. The lowest BCUT2D eigenvalue weighted by Gasteiger charge is -2.13. The Bertz CT molecular complexity index is 1040. The predicted octanol–water partition coefficient (Wildman–Crippen LogP) is 1.64. The van der Waals surface area contributed by atoms with Crippen molar-refractivity contribution in [2.75, 3.05) is 12.4 Å². The first-order chi connectivity index (χ1) is 13.6. The largest absolute Gasteiger partial charge is 0.497 e. The SMILES string of the molecule is COc1ccc(/C=C/C(=O)NC(C)C(=O)Nc2cc(F)cc(S(N)(=O)=O)c2)cc1. The fourth-order valence-corrected chi connectivity index (χ4v) is 2.83. The van der Waals surface area contributed by atoms with Crippen molar-refractivity contribution in [3.05, 3.63) is 59.9 Å². The molecule has 0 saturated carbocycles. The number of rotatable bonds is 7. The first kappa shape index (κ1) is 22.1. The van der Waals surface area contributed by atoms with E-state index < -0.39 is 38.6 Å². The Labute approximate surface area is 167 Å². The molecule has 0 spiro atoms. The average molecular weight is 421 g/mol. The molecule has 8 nitrogen and oxygen atoms in total. The number of nitrogens with two attached hydrogens (primary N) is 1. The zero-order valence-corrected chi connectivity index (χ0v) is 16.5. The molecule has 29 heavy (non-hydrogen) atoms. The molecular formula is C19H20FN3O5S. The quantitative estimate of drug-likeness (QED) is 0.586. The van der Waals surface area contributed by atoms with Crippen molar-refractivity contribution in [2.24, 2.45) is 5.14 Å². The maximum Gasteiger partial charge on any atom is 0.246 e. The van der Waals surface area contributed by atoms with Crippen molar-refractivity contribution in [1.82, 2.24) is 5.32 Å². The molecule has 0 heterocycles. The van der Waals surface area contributed by atoms with Gasteiger partial charge >= 0.3 is 0 Å². The van der Waals surface area contributed by atoms with Gasteiger partial charge in [-0.05, 0) is 48.9 Å². The number of hydrogen-bond donors (Lipinski definition) is 3. The molecule has 0 saturated heterocycles. The summed E-state index contributed by atoms with van der Waals surface area (Å²) in [6, 6.07) is 8.71. The van der Waals surface area contributed by atoms with E-state index in [0.29, 0.717) is 5.75 Å². The van der Waals surface area contributed by atoms with Gasteiger partial charge in [-0.15, -0.1) is 0 Å². The Kier molecular flexibility index (Phi) is 7.08. The molecule has 154 valence electrons. The van der Waals surface area contributed by atoms with Crippen LogP contribution in [0.5, 0.6) is 5.75 Å². The van der Waals surface area contributed by atoms with E-state index >= 15 is 0 Å². The van der Waals surface area contributed by atoms with E-state index in [1.807, 2.05) is 0 Å². The summed E-state index contributed by atoms with van der Waals surface area (Å²) in [5.74, 6) is -1.39. The van der Waals surface area contributed by atoms with E-state index in [0.717, 1.165) is 23.8 Å². The van der Waals surface area contributed by atoms with Crippen molar-refractivity contribution in [3.63, 3.8) is 0 Å². The Hall–Kier alpha value is -3.24. The fourth-order valence-electron chi connectivity index (χ4n) is 2.26. The molecule has 2 aromatic rings. The Morgan fingerprint density at radius 3 is 2.41 bits per heavy atom. The van der Waals surface area contributed by atoms with Gasteiger partial charge in [0.25, 0.3) is 0 Å². The van der Waals surface area contributed by atoms with Gasteiger partial charge in [-0.3, -0.25) is 9.59 Å². The summed E-state index contributed by atoms with van der Waals surface area (Å²) in [7, 11) is -2.59. The van der Waals surface area contributed by atoms with Gasteiger partial charge in [-0.2, -0.15) is 0 Å². The highest BCUT2D eigenvalue weighted by atomic mass is 32.2. The molecule has 1 unspecified atom stereocenters. The van der Waals surface area contributed by atoms with E-state index in [-0.39, 0.29) is 5.69 Å². The van der Waals surface area contributed by atoms with Gasteiger partial charge in [-0.1, -0.05) is 12.1 Å². The van der Waals surface area contributed by atoms with Crippen molar-refractivity contribution < 1.29 is 27.1 Å². The molecule has 1 atom stereocenters. The normalized spacial score (nSPS) is 12.4. The number of benzene rings is 2. The molecule has 2 amide bonds. The van der Waals surface area contributed by atoms with Crippen LogP contribution in [0.4, 0.5) is 10.1 Å². The summed E-state index contributed by atoms with van der Waals surface area (Å²) in [5.41, 5.74) is 0.655. The molecule has 2 aromatic carbocycles. The van der Waals surface area contributed by atoms with Crippen LogP contribution in [0.15, 0.2) is 53.4 Å². The highest BCUT2D eigenvalue weighted by molar-refractivity contribution is 7.89.